The van der Waals surface area contributed by atoms with Crippen molar-refractivity contribution < 1.29 is 28.9 Å². The third-order valence-electron chi connectivity index (χ3n) is 6.23. The van der Waals surface area contributed by atoms with E-state index in [9.17, 15) is 14.7 Å². The summed E-state index contributed by atoms with van der Waals surface area (Å²) in [6, 6.07) is 19.0. The molecule has 1 aliphatic carbocycles. The highest BCUT2D eigenvalue weighted by Crippen LogP contribution is 2.47. The van der Waals surface area contributed by atoms with Crippen molar-refractivity contribution in [3.8, 4) is 22.6 Å². The zero-order valence-corrected chi connectivity index (χ0v) is 19.1. The van der Waals surface area contributed by atoms with Gasteiger partial charge in [-0.15, -0.1) is 0 Å². The van der Waals surface area contributed by atoms with E-state index in [1.807, 2.05) is 48.5 Å². The van der Waals surface area contributed by atoms with Gasteiger partial charge in [-0.05, 0) is 39.9 Å². The standard InChI is InChI=1S/C27H25NO6/c1-27(2)33-22-13-12-16(15-23(22)34-27)14-21(25(29)30)28(26(31)32-3)24-19-10-6-4-8-17(19)18-9-5-7-11-20(18)24/h4-13,15,21,24H,14H2,1-3H3,(H,29,30). The van der Waals surface area contributed by atoms with Crippen LogP contribution in [0, 0.1) is 0 Å². The molecule has 1 heterocycles. The van der Waals surface area contributed by atoms with Crippen molar-refractivity contribution in [1.82, 2.24) is 4.90 Å². The lowest BCUT2D eigenvalue weighted by atomic mass is 9.98. The van der Waals surface area contributed by atoms with Crippen LogP contribution in [0.25, 0.3) is 11.1 Å². The first-order chi connectivity index (χ1) is 16.3. The SMILES string of the molecule is COC(=O)N(C(Cc1ccc2c(c1)OC(C)(C)O2)C(=O)O)C1c2ccccc2-c2ccccc21. The minimum absolute atomic E-state index is 0.0718. The summed E-state index contributed by atoms with van der Waals surface area (Å²) in [7, 11) is 1.27. The summed E-state index contributed by atoms with van der Waals surface area (Å²) >= 11 is 0. The summed E-state index contributed by atoms with van der Waals surface area (Å²) in [5, 5.41) is 10.3. The van der Waals surface area contributed by atoms with E-state index in [1.54, 1.807) is 32.0 Å². The minimum atomic E-state index is -1.18. The van der Waals surface area contributed by atoms with Crippen LogP contribution in [0.3, 0.4) is 0 Å². The fourth-order valence-electron chi connectivity index (χ4n) is 4.87. The van der Waals surface area contributed by atoms with Crippen molar-refractivity contribution in [2.45, 2.75) is 38.1 Å². The number of ether oxygens (including phenoxy) is 3. The number of nitrogens with zero attached hydrogens (tertiary/aromatic N) is 1. The number of aliphatic carboxylic acids is 1. The average molecular weight is 459 g/mol. The van der Waals surface area contributed by atoms with Crippen molar-refractivity contribution >= 4 is 12.1 Å². The van der Waals surface area contributed by atoms with Gasteiger partial charge < -0.3 is 19.3 Å². The topological polar surface area (TPSA) is 85.3 Å². The molecular weight excluding hydrogens is 434 g/mol. The van der Waals surface area contributed by atoms with Gasteiger partial charge in [0.15, 0.2) is 11.5 Å². The first-order valence-electron chi connectivity index (χ1n) is 11.1. The van der Waals surface area contributed by atoms with E-state index in [-0.39, 0.29) is 6.42 Å². The normalized spacial score (nSPS) is 15.9. The number of carbonyl (C=O) groups is 2. The predicted octanol–water partition coefficient (Wildman–Crippen LogP) is 5.03. The molecule has 1 aliphatic heterocycles. The van der Waals surface area contributed by atoms with Gasteiger partial charge in [0.05, 0.1) is 13.2 Å². The van der Waals surface area contributed by atoms with Crippen LogP contribution in [0.15, 0.2) is 66.7 Å². The van der Waals surface area contributed by atoms with Gasteiger partial charge in [0.25, 0.3) is 0 Å². The van der Waals surface area contributed by atoms with Crippen LogP contribution in [0.1, 0.15) is 36.6 Å². The number of carboxylic acids is 1. The lowest BCUT2D eigenvalue weighted by molar-refractivity contribution is -0.143. The molecule has 0 saturated carbocycles. The third kappa shape index (κ3) is 3.63. The summed E-state index contributed by atoms with van der Waals surface area (Å²) in [5.41, 5.74) is 4.40. The van der Waals surface area contributed by atoms with Gasteiger partial charge in [0, 0.05) is 20.3 Å². The molecule has 2 aliphatic rings. The summed E-state index contributed by atoms with van der Waals surface area (Å²) < 4.78 is 16.7. The highest BCUT2D eigenvalue weighted by atomic mass is 16.7. The molecule has 1 amide bonds. The predicted molar refractivity (Wildman–Crippen MR) is 125 cm³/mol. The summed E-state index contributed by atoms with van der Waals surface area (Å²) in [6.07, 6.45) is -0.631. The molecule has 0 fully saturated rings. The molecule has 0 aromatic heterocycles. The van der Waals surface area contributed by atoms with E-state index >= 15 is 0 Å². The molecule has 0 saturated heterocycles. The number of rotatable bonds is 5. The molecule has 0 bridgehead atoms. The Kier molecular flexibility index (Phi) is 5.20. The van der Waals surface area contributed by atoms with E-state index in [0.29, 0.717) is 17.1 Å². The van der Waals surface area contributed by atoms with Crippen LogP contribution in [-0.4, -0.2) is 41.0 Å². The molecule has 0 spiro atoms. The summed E-state index contributed by atoms with van der Waals surface area (Å²) in [6.45, 7) is 3.61. The zero-order chi connectivity index (χ0) is 24.0. The monoisotopic (exact) mass is 459 g/mol. The maximum absolute atomic E-state index is 13.1. The number of hydrogen-bond donors (Lipinski definition) is 1. The highest BCUT2D eigenvalue weighted by Gasteiger charge is 2.42. The Labute approximate surface area is 197 Å². The van der Waals surface area contributed by atoms with Crippen LogP contribution in [0.2, 0.25) is 0 Å². The summed E-state index contributed by atoms with van der Waals surface area (Å²) in [4.78, 5) is 27.0. The molecule has 1 N–H and O–H groups in total. The van der Waals surface area contributed by atoms with Crippen molar-refractivity contribution in [2.24, 2.45) is 0 Å². The van der Waals surface area contributed by atoms with E-state index in [4.69, 9.17) is 14.2 Å². The molecule has 1 unspecified atom stereocenters. The van der Waals surface area contributed by atoms with E-state index in [2.05, 4.69) is 0 Å². The number of hydrogen-bond acceptors (Lipinski definition) is 5. The van der Waals surface area contributed by atoms with Gasteiger partial charge in [-0.25, -0.2) is 9.59 Å². The first kappa shape index (κ1) is 21.8. The number of fused-ring (bicyclic) bond motifs is 4. The lowest BCUT2D eigenvalue weighted by Crippen LogP contribution is -2.48. The van der Waals surface area contributed by atoms with Gasteiger partial charge in [0.1, 0.15) is 6.04 Å². The number of carboxylic acid groups (broad SMARTS) is 1. The van der Waals surface area contributed by atoms with Crippen molar-refractivity contribution in [3.63, 3.8) is 0 Å². The van der Waals surface area contributed by atoms with E-state index < -0.39 is 29.9 Å². The van der Waals surface area contributed by atoms with Gasteiger partial charge in [-0.2, -0.15) is 0 Å². The van der Waals surface area contributed by atoms with Crippen molar-refractivity contribution in [3.05, 3.63) is 83.4 Å². The third-order valence-corrected chi connectivity index (χ3v) is 6.23. The molecule has 7 nitrogen and oxygen atoms in total. The largest absolute Gasteiger partial charge is 0.480 e. The first-order valence-corrected chi connectivity index (χ1v) is 11.1. The van der Waals surface area contributed by atoms with Crippen molar-refractivity contribution in [2.75, 3.05) is 7.11 Å². The highest BCUT2D eigenvalue weighted by molar-refractivity contribution is 5.85. The Hall–Kier alpha value is -4.00. The number of carbonyl (C=O) groups excluding carboxylic acids is 1. The van der Waals surface area contributed by atoms with Crippen molar-refractivity contribution in [1.29, 1.82) is 0 Å². The molecule has 174 valence electrons. The van der Waals surface area contributed by atoms with Crippen LogP contribution >= 0.6 is 0 Å². The maximum Gasteiger partial charge on any atom is 0.411 e. The van der Waals surface area contributed by atoms with Gasteiger partial charge in [-0.1, -0.05) is 54.6 Å². The minimum Gasteiger partial charge on any atom is -0.480 e. The van der Waals surface area contributed by atoms with Crippen LogP contribution < -0.4 is 9.47 Å². The van der Waals surface area contributed by atoms with Gasteiger partial charge >= 0.3 is 12.1 Å². The van der Waals surface area contributed by atoms with Crippen LogP contribution in [0.4, 0.5) is 4.79 Å². The molecule has 34 heavy (non-hydrogen) atoms. The van der Waals surface area contributed by atoms with E-state index in [1.165, 1.54) is 12.0 Å². The Morgan fingerprint density at radius 3 is 2.15 bits per heavy atom. The molecule has 1 atom stereocenters. The molecule has 5 rings (SSSR count). The van der Waals surface area contributed by atoms with Gasteiger partial charge in [0.2, 0.25) is 5.79 Å². The molecular formula is C27H25NO6. The van der Waals surface area contributed by atoms with Crippen LogP contribution in [-0.2, 0) is 16.0 Å². The molecule has 0 radical (unpaired) electrons. The second kappa shape index (κ2) is 8.09. The molecule has 7 heteroatoms. The second-order valence-corrected chi connectivity index (χ2v) is 8.90. The molecule has 3 aromatic carbocycles. The second-order valence-electron chi connectivity index (χ2n) is 8.90. The number of amides is 1. The Morgan fingerprint density at radius 2 is 1.56 bits per heavy atom. The quantitative estimate of drug-likeness (QED) is 0.576. The fraction of sp³-hybridized carbons (Fsp3) is 0.259. The zero-order valence-electron chi connectivity index (χ0n) is 19.1. The maximum atomic E-state index is 13.1. The lowest BCUT2D eigenvalue weighted by Gasteiger charge is -2.34. The Balaban J connectivity index is 1.57. The summed E-state index contributed by atoms with van der Waals surface area (Å²) in [5.74, 6) is -0.759. The molecule has 3 aromatic rings. The number of methoxy groups -OCH3 is 1. The Bertz CT molecular complexity index is 1240. The number of benzene rings is 3. The average Bonchev–Trinajstić information content (AvgIpc) is 3.31. The van der Waals surface area contributed by atoms with E-state index in [0.717, 1.165) is 22.3 Å². The Morgan fingerprint density at radius 1 is 0.971 bits per heavy atom. The van der Waals surface area contributed by atoms with Gasteiger partial charge in [-0.3, -0.25) is 4.90 Å². The fourth-order valence-corrected chi connectivity index (χ4v) is 4.87. The van der Waals surface area contributed by atoms with Crippen LogP contribution in [0.5, 0.6) is 11.5 Å². The smallest absolute Gasteiger partial charge is 0.411 e.